The van der Waals surface area contributed by atoms with Crippen LogP contribution in [-0.4, -0.2) is 26.1 Å². The third kappa shape index (κ3) is 5.11. The number of benzene rings is 1. The molecule has 1 amide bonds. The third-order valence-corrected chi connectivity index (χ3v) is 5.72. The number of hydrogen-bond donors (Lipinski definition) is 2. The van der Waals surface area contributed by atoms with E-state index in [1.807, 2.05) is 12.1 Å². The molecule has 0 bridgehead atoms. The van der Waals surface area contributed by atoms with Crippen molar-refractivity contribution in [1.29, 1.82) is 0 Å². The van der Waals surface area contributed by atoms with Crippen LogP contribution in [-0.2, 0) is 10.3 Å². The number of ether oxygens (including phenoxy) is 1. The maximum atomic E-state index is 12.6. The predicted molar refractivity (Wildman–Crippen MR) is 103 cm³/mol. The van der Waals surface area contributed by atoms with E-state index in [9.17, 15) is 4.79 Å². The van der Waals surface area contributed by atoms with E-state index in [1.54, 1.807) is 7.11 Å². The van der Waals surface area contributed by atoms with Gasteiger partial charge in [-0.15, -0.1) is 12.4 Å². The lowest BCUT2D eigenvalue weighted by molar-refractivity contribution is -0.123. The number of methoxy groups -OCH3 is 1. The topological polar surface area (TPSA) is 50.4 Å². The van der Waals surface area contributed by atoms with Gasteiger partial charge in [0.1, 0.15) is 5.75 Å². The zero-order chi connectivity index (χ0) is 16.8. The van der Waals surface area contributed by atoms with Crippen LogP contribution < -0.4 is 15.4 Å². The number of carbonyl (C=O) groups excluding carboxylic acids is 1. The Balaban J connectivity index is 0.00000225. The van der Waals surface area contributed by atoms with Gasteiger partial charge in [-0.3, -0.25) is 4.79 Å². The molecular weight excluding hydrogens is 336 g/mol. The highest BCUT2D eigenvalue weighted by Crippen LogP contribution is 2.39. The lowest BCUT2D eigenvalue weighted by Gasteiger charge is -2.32. The van der Waals surface area contributed by atoms with Crippen molar-refractivity contribution in [3.8, 4) is 5.75 Å². The largest absolute Gasteiger partial charge is 0.497 e. The molecule has 1 aromatic carbocycles. The highest BCUT2D eigenvalue weighted by molar-refractivity contribution is 5.85. The van der Waals surface area contributed by atoms with Crippen molar-refractivity contribution in [1.82, 2.24) is 10.6 Å². The SMILES string of the molecule is COc1ccc(C2(NC(=O)CCC3CCNCC3)CCCC2)cc1.Cl. The average Bonchev–Trinajstić information content (AvgIpc) is 3.10. The van der Waals surface area contributed by atoms with Crippen molar-refractivity contribution in [2.24, 2.45) is 5.92 Å². The molecule has 2 aliphatic rings. The van der Waals surface area contributed by atoms with Gasteiger partial charge in [-0.05, 0) is 68.8 Å². The van der Waals surface area contributed by atoms with Crippen molar-refractivity contribution in [3.05, 3.63) is 29.8 Å². The van der Waals surface area contributed by atoms with Crippen molar-refractivity contribution in [2.45, 2.75) is 56.9 Å². The van der Waals surface area contributed by atoms with Gasteiger partial charge in [0.2, 0.25) is 5.91 Å². The van der Waals surface area contributed by atoms with Crippen LogP contribution in [0.25, 0.3) is 0 Å². The summed E-state index contributed by atoms with van der Waals surface area (Å²) in [7, 11) is 1.68. The number of amides is 1. The number of nitrogens with one attached hydrogen (secondary N) is 2. The first-order valence-electron chi connectivity index (χ1n) is 9.38. The Labute approximate surface area is 157 Å². The van der Waals surface area contributed by atoms with E-state index < -0.39 is 0 Å². The molecule has 1 saturated heterocycles. The van der Waals surface area contributed by atoms with Gasteiger partial charge < -0.3 is 15.4 Å². The molecule has 0 radical (unpaired) electrons. The van der Waals surface area contributed by atoms with Gasteiger partial charge in [0.05, 0.1) is 12.6 Å². The van der Waals surface area contributed by atoms with Crippen LogP contribution in [0, 0.1) is 5.92 Å². The van der Waals surface area contributed by atoms with Crippen LogP contribution in [0.4, 0.5) is 0 Å². The summed E-state index contributed by atoms with van der Waals surface area (Å²) in [5, 5.41) is 6.78. The summed E-state index contributed by atoms with van der Waals surface area (Å²) in [5.41, 5.74) is 1.05. The van der Waals surface area contributed by atoms with Crippen LogP contribution in [0.1, 0.15) is 56.9 Å². The highest BCUT2D eigenvalue weighted by atomic mass is 35.5. The molecule has 0 aromatic heterocycles. The Hall–Kier alpha value is -1.26. The smallest absolute Gasteiger partial charge is 0.220 e. The van der Waals surface area contributed by atoms with Gasteiger partial charge in [-0.25, -0.2) is 0 Å². The summed E-state index contributed by atoms with van der Waals surface area (Å²) in [6, 6.07) is 8.21. The highest BCUT2D eigenvalue weighted by Gasteiger charge is 2.36. The fourth-order valence-electron chi connectivity index (χ4n) is 4.21. The van der Waals surface area contributed by atoms with Gasteiger partial charge in [0, 0.05) is 6.42 Å². The zero-order valence-corrected chi connectivity index (χ0v) is 16.0. The van der Waals surface area contributed by atoms with Gasteiger partial charge in [0.15, 0.2) is 0 Å². The fraction of sp³-hybridized carbons (Fsp3) is 0.650. The fourth-order valence-corrected chi connectivity index (χ4v) is 4.21. The Kier molecular flexibility index (Phi) is 7.57. The van der Waals surface area contributed by atoms with E-state index in [0.29, 0.717) is 12.3 Å². The van der Waals surface area contributed by atoms with Crippen molar-refractivity contribution in [2.75, 3.05) is 20.2 Å². The Morgan fingerprint density at radius 2 is 1.84 bits per heavy atom. The van der Waals surface area contributed by atoms with Gasteiger partial charge in [-0.2, -0.15) is 0 Å². The van der Waals surface area contributed by atoms with Crippen molar-refractivity contribution >= 4 is 18.3 Å². The van der Waals surface area contributed by atoms with Crippen LogP contribution in [0.5, 0.6) is 5.75 Å². The molecule has 1 aliphatic heterocycles. The normalized spacial score (nSPS) is 19.9. The van der Waals surface area contributed by atoms with Gasteiger partial charge >= 0.3 is 0 Å². The number of carbonyl (C=O) groups is 1. The molecule has 2 N–H and O–H groups in total. The average molecular weight is 367 g/mol. The summed E-state index contributed by atoms with van der Waals surface area (Å²) in [6.45, 7) is 2.20. The minimum Gasteiger partial charge on any atom is -0.497 e. The second-order valence-electron chi connectivity index (χ2n) is 7.30. The molecule has 1 saturated carbocycles. The van der Waals surface area contributed by atoms with Gasteiger partial charge in [0.25, 0.3) is 0 Å². The van der Waals surface area contributed by atoms with Crippen molar-refractivity contribution < 1.29 is 9.53 Å². The van der Waals surface area contributed by atoms with Crippen molar-refractivity contribution in [3.63, 3.8) is 0 Å². The van der Waals surface area contributed by atoms with E-state index in [-0.39, 0.29) is 23.9 Å². The molecule has 0 unspecified atom stereocenters. The maximum Gasteiger partial charge on any atom is 0.220 e. The quantitative estimate of drug-likeness (QED) is 0.805. The lowest BCUT2D eigenvalue weighted by Crippen LogP contribution is -2.44. The van der Waals surface area contributed by atoms with E-state index >= 15 is 0 Å². The van der Waals surface area contributed by atoms with Crippen LogP contribution >= 0.6 is 12.4 Å². The molecule has 25 heavy (non-hydrogen) atoms. The summed E-state index contributed by atoms with van der Waals surface area (Å²) in [5.74, 6) is 1.79. The lowest BCUT2D eigenvalue weighted by atomic mass is 9.87. The molecular formula is C20H31ClN2O2. The molecule has 1 aromatic rings. The van der Waals surface area contributed by atoms with E-state index in [0.717, 1.165) is 38.1 Å². The molecule has 4 nitrogen and oxygen atoms in total. The number of hydrogen-bond acceptors (Lipinski definition) is 3. The summed E-state index contributed by atoms with van der Waals surface area (Å²) >= 11 is 0. The standard InChI is InChI=1S/C20H30N2O2.ClH/c1-24-18-7-5-17(6-8-18)20(12-2-3-13-20)22-19(23)9-4-16-10-14-21-15-11-16;/h5-8,16,21H,2-4,9-15H2,1H3,(H,22,23);1H. The first kappa shape index (κ1) is 20.1. The Bertz CT molecular complexity index is 535. The molecule has 5 heteroatoms. The molecule has 1 heterocycles. The van der Waals surface area contributed by atoms with Crippen LogP contribution in [0.2, 0.25) is 0 Å². The minimum absolute atomic E-state index is 0. The zero-order valence-electron chi connectivity index (χ0n) is 15.2. The van der Waals surface area contributed by atoms with E-state index in [1.165, 1.54) is 31.2 Å². The van der Waals surface area contributed by atoms with E-state index in [2.05, 4.69) is 22.8 Å². The molecule has 3 rings (SSSR count). The first-order valence-corrected chi connectivity index (χ1v) is 9.38. The second-order valence-corrected chi connectivity index (χ2v) is 7.30. The monoisotopic (exact) mass is 366 g/mol. The Morgan fingerprint density at radius 3 is 2.44 bits per heavy atom. The maximum absolute atomic E-state index is 12.6. The third-order valence-electron chi connectivity index (χ3n) is 5.72. The summed E-state index contributed by atoms with van der Waals surface area (Å²) in [4.78, 5) is 12.6. The van der Waals surface area contributed by atoms with E-state index in [4.69, 9.17) is 4.74 Å². The van der Waals surface area contributed by atoms with Crippen LogP contribution in [0.15, 0.2) is 24.3 Å². The minimum atomic E-state index is -0.169. The number of rotatable bonds is 6. The molecule has 2 fully saturated rings. The molecule has 0 atom stereocenters. The molecule has 1 aliphatic carbocycles. The Morgan fingerprint density at radius 1 is 1.20 bits per heavy atom. The first-order chi connectivity index (χ1) is 11.7. The van der Waals surface area contributed by atoms with Gasteiger partial charge in [-0.1, -0.05) is 25.0 Å². The second kappa shape index (κ2) is 9.44. The summed E-state index contributed by atoms with van der Waals surface area (Å²) < 4.78 is 5.26. The predicted octanol–water partition coefficient (Wildman–Crippen LogP) is 3.78. The molecule has 140 valence electrons. The number of piperidine rings is 1. The van der Waals surface area contributed by atoms with Crippen LogP contribution in [0.3, 0.4) is 0 Å². The number of halogens is 1. The molecule has 0 spiro atoms. The summed E-state index contributed by atoms with van der Waals surface area (Å²) in [6.07, 6.45) is 8.53.